The van der Waals surface area contributed by atoms with Crippen molar-refractivity contribution in [1.29, 1.82) is 5.26 Å². The number of pyridine rings is 1. The van der Waals surface area contributed by atoms with E-state index in [9.17, 15) is 0 Å². The molecule has 0 saturated heterocycles. The third kappa shape index (κ3) is 3.57. The maximum absolute atomic E-state index is 8.80. The fourth-order valence-electron chi connectivity index (χ4n) is 2.03. The normalized spacial score (nSPS) is 10.2. The van der Waals surface area contributed by atoms with E-state index in [4.69, 9.17) is 16.9 Å². The van der Waals surface area contributed by atoms with E-state index in [1.165, 1.54) is 5.56 Å². The molecule has 20 heavy (non-hydrogen) atoms. The molecule has 1 aromatic carbocycles. The molecule has 102 valence electrons. The van der Waals surface area contributed by atoms with Crippen LogP contribution in [0, 0.1) is 11.3 Å². The van der Waals surface area contributed by atoms with Gasteiger partial charge >= 0.3 is 0 Å². The molecule has 0 unspecified atom stereocenters. The van der Waals surface area contributed by atoms with Gasteiger partial charge in [0.25, 0.3) is 0 Å². The summed E-state index contributed by atoms with van der Waals surface area (Å²) < 4.78 is 0. The van der Waals surface area contributed by atoms with Crippen LogP contribution in [0.3, 0.4) is 0 Å². The Balaban J connectivity index is 1.98. The monoisotopic (exact) mass is 285 g/mol. The number of aryl methyl sites for hydroxylation is 1. The molecule has 0 fully saturated rings. The first-order valence-electron chi connectivity index (χ1n) is 6.56. The van der Waals surface area contributed by atoms with Crippen LogP contribution in [0.15, 0.2) is 36.5 Å². The van der Waals surface area contributed by atoms with Crippen LogP contribution < -0.4 is 5.32 Å². The van der Waals surface area contributed by atoms with Crippen LogP contribution in [-0.4, -0.2) is 4.98 Å². The van der Waals surface area contributed by atoms with Crippen LogP contribution in [0.5, 0.6) is 0 Å². The summed E-state index contributed by atoms with van der Waals surface area (Å²) in [5.74, 6) is 0. The highest BCUT2D eigenvalue weighted by atomic mass is 35.5. The van der Waals surface area contributed by atoms with Gasteiger partial charge in [0.1, 0.15) is 0 Å². The molecule has 0 bridgehead atoms. The molecule has 3 nitrogen and oxygen atoms in total. The molecule has 0 atom stereocenters. The number of nitrogens with zero attached hydrogens (tertiary/aromatic N) is 2. The Morgan fingerprint density at radius 1 is 1.25 bits per heavy atom. The fourth-order valence-corrected chi connectivity index (χ4v) is 2.28. The summed E-state index contributed by atoms with van der Waals surface area (Å²) in [5.41, 5.74) is 3.89. The summed E-state index contributed by atoms with van der Waals surface area (Å²) in [4.78, 5) is 4.39. The second-order valence-corrected chi connectivity index (χ2v) is 4.89. The number of nitrogens with one attached hydrogen (secondary N) is 1. The lowest BCUT2D eigenvalue weighted by Crippen LogP contribution is -2.15. The Morgan fingerprint density at radius 2 is 2.10 bits per heavy atom. The van der Waals surface area contributed by atoms with Crippen molar-refractivity contribution in [1.82, 2.24) is 10.3 Å². The minimum atomic E-state index is 0.580. The molecule has 2 rings (SSSR count). The van der Waals surface area contributed by atoms with E-state index in [1.807, 2.05) is 18.3 Å². The lowest BCUT2D eigenvalue weighted by molar-refractivity contribution is 0.673. The molecule has 0 aliphatic rings. The van der Waals surface area contributed by atoms with Crippen molar-refractivity contribution in [3.05, 3.63) is 63.9 Å². The Hall–Kier alpha value is -1.89. The van der Waals surface area contributed by atoms with Gasteiger partial charge in [-0.05, 0) is 35.7 Å². The van der Waals surface area contributed by atoms with Gasteiger partial charge in [0.05, 0.1) is 17.3 Å². The van der Waals surface area contributed by atoms with Crippen LogP contribution in [0.25, 0.3) is 0 Å². The first-order valence-corrected chi connectivity index (χ1v) is 6.94. The van der Waals surface area contributed by atoms with Gasteiger partial charge in [0, 0.05) is 24.3 Å². The summed E-state index contributed by atoms with van der Waals surface area (Å²) in [5, 5.41) is 12.8. The van der Waals surface area contributed by atoms with Gasteiger partial charge < -0.3 is 5.32 Å². The van der Waals surface area contributed by atoms with E-state index in [0.29, 0.717) is 23.7 Å². The average Bonchev–Trinajstić information content (AvgIpc) is 2.49. The standard InChI is InChI=1S/C16H16ClN3/c1-2-13-4-3-7-20-16(13)11-19-10-14-6-5-12(9-18)8-15(14)17/h3-8,19H,2,10-11H2,1H3. The SMILES string of the molecule is CCc1cccnc1CNCc1ccc(C#N)cc1Cl. The molecule has 0 saturated carbocycles. The maximum atomic E-state index is 8.80. The number of hydrogen-bond acceptors (Lipinski definition) is 3. The van der Waals surface area contributed by atoms with Crippen molar-refractivity contribution >= 4 is 11.6 Å². The van der Waals surface area contributed by atoms with Gasteiger partial charge in [-0.25, -0.2) is 0 Å². The first-order chi connectivity index (χ1) is 9.74. The number of rotatable bonds is 5. The smallest absolute Gasteiger partial charge is 0.0992 e. The van der Waals surface area contributed by atoms with Gasteiger partial charge in [-0.1, -0.05) is 30.7 Å². The van der Waals surface area contributed by atoms with Gasteiger partial charge in [0.2, 0.25) is 0 Å². The zero-order valence-corrected chi connectivity index (χ0v) is 12.1. The van der Waals surface area contributed by atoms with Crippen molar-refractivity contribution in [3.63, 3.8) is 0 Å². The summed E-state index contributed by atoms with van der Waals surface area (Å²) >= 11 is 6.14. The molecular weight excluding hydrogens is 270 g/mol. The van der Waals surface area contributed by atoms with Crippen molar-refractivity contribution in [2.24, 2.45) is 0 Å². The summed E-state index contributed by atoms with van der Waals surface area (Å²) in [6.45, 7) is 3.49. The fraction of sp³-hybridized carbons (Fsp3) is 0.250. The summed E-state index contributed by atoms with van der Waals surface area (Å²) in [7, 11) is 0. The van der Waals surface area contributed by atoms with E-state index in [-0.39, 0.29) is 0 Å². The Labute approximate surface area is 124 Å². The Kier molecular flexibility index (Phi) is 5.11. The highest BCUT2D eigenvalue weighted by molar-refractivity contribution is 6.31. The van der Waals surface area contributed by atoms with Crippen molar-refractivity contribution in [2.75, 3.05) is 0 Å². The van der Waals surface area contributed by atoms with Crippen LogP contribution in [0.4, 0.5) is 0 Å². The molecule has 1 N–H and O–H groups in total. The van der Waals surface area contributed by atoms with E-state index < -0.39 is 0 Å². The van der Waals surface area contributed by atoms with Crippen LogP contribution in [0.1, 0.15) is 29.3 Å². The third-order valence-electron chi connectivity index (χ3n) is 3.16. The highest BCUT2D eigenvalue weighted by Crippen LogP contribution is 2.17. The number of benzene rings is 1. The van der Waals surface area contributed by atoms with Crippen LogP contribution >= 0.6 is 11.6 Å². The molecule has 2 aromatic rings. The largest absolute Gasteiger partial charge is 0.307 e. The topological polar surface area (TPSA) is 48.7 Å². The minimum Gasteiger partial charge on any atom is -0.307 e. The third-order valence-corrected chi connectivity index (χ3v) is 3.51. The molecule has 0 radical (unpaired) electrons. The number of aromatic nitrogens is 1. The highest BCUT2D eigenvalue weighted by Gasteiger charge is 2.04. The zero-order valence-electron chi connectivity index (χ0n) is 11.4. The zero-order chi connectivity index (χ0) is 14.4. The number of nitriles is 1. The van der Waals surface area contributed by atoms with Crippen molar-refractivity contribution in [2.45, 2.75) is 26.4 Å². The average molecular weight is 286 g/mol. The van der Waals surface area contributed by atoms with E-state index >= 15 is 0 Å². The molecule has 0 spiro atoms. The van der Waals surface area contributed by atoms with Crippen LogP contribution in [-0.2, 0) is 19.5 Å². The van der Waals surface area contributed by atoms with Gasteiger partial charge in [0.15, 0.2) is 0 Å². The van der Waals surface area contributed by atoms with Crippen molar-refractivity contribution < 1.29 is 0 Å². The predicted molar refractivity (Wildman–Crippen MR) is 80.3 cm³/mol. The quantitative estimate of drug-likeness (QED) is 0.915. The van der Waals surface area contributed by atoms with Gasteiger partial charge in [-0.2, -0.15) is 5.26 Å². The molecule has 1 heterocycles. The minimum absolute atomic E-state index is 0.580. The Bertz CT molecular complexity index is 632. The summed E-state index contributed by atoms with van der Waals surface area (Å²) in [6.07, 6.45) is 2.79. The van der Waals surface area contributed by atoms with E-state index in [1.54, 1.807) is 12.1 Å². The maximum Gasteiger partial charge on any atom is 0.0992 e. The Morgan fingerprint density at radius 3 is 2.80 bits per heavy atom. The molecule has 1 aromatic heterocycles. The van der Waals surface area contributed by atoms with Crippen molar-refractivity contribution in [3.8, 4) is 6.07 Å². The molecule has 0 aliphatic carbocycles. The molecule has 4 heteroatoms. The van der Waals surface area contributed by atoms with E-state index in [2.05, 4.69) is 29.4 Å². The predicted octanol–water partition coefficient (Wildman–Crippen LogP) is 3.46. The summed E-state index contributed by atoms with van der Waals surface area (Å²) in [6, 6.07) is 11.5. The number of halogens is 1. The second kappa shape index (κ2) is 7.04. The lowest BCUT2D eigenvalue weighted by Gasteiger charge is -2.09. The van der Waals surface area contributed by atoms with Gasteiger partial charge in [-0.15, -0.1) is 0 Å². The molecular formula is C16H16ClN3. The second-order valence-electron chi connectivity index (χ2n) is 4.48. The number of hydrogen-bond donors (Lipinski definition) is 1. The van der Waals surface area contributed by atoms with Crippen LogP contribution in [0.2, 0.25) is 5.02 Å². The molecule has 0 amide bonds. The lowest BCUT2D eigenvalue weighted by atomic mass is 10.1. The molecule has 0 aliphatic heterocycles. The van der Waals surface area contributed by atoms with Gasteiger partial charge in [-0.3, -0.25) is 4.98 Å². The first kappa shape index (κ1) is 14.5. The van der Waals surface area contributed by atoms with E-state index in [0.717, 1.165) is 17.7 Å².